The van der Waals surface area contributed by atoms with Gasteiger partial charge in [-0.2, -0.15) is 5.10 Å². The Morgan fingerprint density at radius 3 is 2.70 bits per heavy atom. The quantitative estimate of drug-likeness (QED) is 0.410. The highest BCUT2D eigenvalue weighted by Crippen LogP contribution is 2.18. The van der Waals surface area contributed by atoms with Gasteiger partial charge in [0.2, 0.25) is 0 Å². The highest BCUT2D eigenvalue weighted by atomic mass is 79.9. The van der Waals surface area contributed by atoms with Crippen LogP contribution in [0.5, 0.6) is 0 Å². The molecule has 0 aliphatic heterocycles. The van der Waals surface area contributed by atoms with Gasteiger partial charge in [0.1, 0.15) is 5.15 Å². The predicted octanol–water partition coefficient (Wildman–Crippen LogP) is 4.41. The third-order valence-corrected chi connectivity index (χ3v) is 4.01. The molecule has 114 valence electrons. The minimum Gasteiger partial charge on any atom is -0.267 e. The van der Waals surface area contributed by atoms with Crippen LogP contribution in [0.15, 0.2) is 64.2 Å². The lowest BCUT2D eigenvalue weighted by Gasteiger charge is -2.02. The topological polar surface area (TPSA) is 54.4 Å². The number of aromatic nitrogens is 1. The number of benzene rings is 2. The number of fused-ring (bicyclic) bond motifs is 1. The van der Waals surface area contributed by atoms with Gasteiger partial charge in [0.25, 0.3) is 5.91 Å². The van der Waals surface area contributed by atoms with E-state index >= 15 is 0 Å². The lowest BCUT2D eigenvalue weighted by Crippen LogP contribution is -2.17. The van der Waals surface area contributed by atoms with E-state index in [0.29, 0.717) is 16.3 Å². The normalized spacial score (nSPS) is 11.0. The molecular weight excluding hydrogens is 378 g/mol. The van der Waals surface area contributed by atoms with Crippen molar-refractivity contribution >= 4 is 50.6 Å². The standard InChI is InChI=1S/C17H11BrClN3O/c18-14-7-5-11(6-8-14)17(23)22-20-10-13-9-12-3-1-2-4-15(12)21-16(13)19/h1-10H,(H,22,23). The second kappa shape index (κ2) is 6.89. The summed E-state index contributed by atoms with van der Waals surface area (Å²) in [6, 6.07) is 16.5. The SMILES string of the molecule is O=C(NN=Cc1cc2ccccc2nc1Cl)c1ccc(Br)cc1. The van der Waals surface area contributed by atoms with Crippen LogP contribution in [0.4, 0.5) is 0 Å². The first-order valence-corrected chi connectivity index (χ1v) is 7.95. The fraction of sp³-hybridized carbons (Fsp3) is 0. The monoisotopic (exact) mass is 387 g/mol. The van der Waals surface area contributed by atoms with Gasteiger partial charge in [0, 0.05) is 21.0 Å². The molecule has 6 heteroatoms. The minimum absolute atomic E-state index is 0.293. The van der Waals surface area contributed by atoms with Crippen LogP contribution in [0.1, 0.15) is 15.9 Å². The zero-order valence-electron chi connectivity index (χ0n) is 11.8. The zero-order valence-corrected chi connectivity index (χ0v) is 14.2. The van der Waals surface area contributed by atoms with E-state index in [2.05, 4.69) is 31.4 Å². The smallest absolute Gasteiger partial charge is 0.267 e. The fourth-order valence-electron chi connectivity index (χ4n) is 2.03. The number of rotatable bonds is 3. The lowest BCUT2D eigenvalue weighted by molar-refractivity contribution is 0.0955. The number of nitrogens with zero attached hydrogens (tertiary/aromatic N) is 2. The molecule has 4 nitrogen and oxygen atoms in total. The average Bonchev–Trinajstić information content (AvgIpc) is 2.56. The molecule has 0 bridgehead atoms. The van der Waals surface area contributed by atoms with Crippen molar-refractivity contribution in [2.75, 3.05) is 0 Å². The molecule has 0 fully saturated rings. The predicted molar refractivity (Wildman–Crippen MR) is 96.0 cm³/mol. The van der Waals surface area contributed by atoms with Crippen LogP contribution in [0, 0.1) is 0 Å². The van der Waals surface area contributed by atoms with Crippen molar-refractivity contribution in [3.8, 4) is 0 Å². The van der Waals surface area contributed by atoms with Crippen molar-refractivity contribution < 1.29 is 4.79 Å². The van der Waals surface area contributed by atoms with E-state index in [1.165, 1.54) is 6.21 Å². The van der Waals surface area contributed by atoms with E-state index in [-0.39, 0.29) is 5.91 Å². The molecule has 0 atom stereocenters. The van der Waals surface area contributed by atoms with Crippen molar-refractivity contribution in [3.05, 3.63) is 75.4 Å². The molecule has 3 aromatic rings. The molecule has 23 heavy (non-hydrogen) atoms. The summed E-state index contributed by atoms with van der Waals surface area (Å²) in [6.45, 7) is 0. The number of para-hydroxylation sites is 1. The Labute approximate surface area is 146 Å². The van der Waals surface area contributed by atoms with Gasteiger partial charge in [0.05, 0.1) is 11.7 Å². The number of nitrogens with one attached hydrogen (secondary N) is 1. The maximum atomic E-state index is 12.0. The van der Waals surface area contributed by atoms with Gasteiger partial charge >= 0.3 is 0 Å². The van der Waals surface area contributed by atoms with Gasteiger partial charge in [-0.1, -0.05) is 45.7 Å². The molecule has 0 aliphatic rings. The Morgan fingerprint density at radius 2 is 1.91 bits per heavy atom. The summed E-state index contributed by atoms with van der Waals surface area (Å²) in [7, 11) is 0. The van der Waals surface area contributed by atoms with Crippen molar-refractivity contribution in [2.24, 2.45) is 5.10 Å². The highest BCUT2D eigenvalue weighted by Gasteiger charge is 2.05. The van der Waals surface area contributed by atoms with Gasteiger partial charge in [-0.25, -0.2) is 10.4 Å². The number of carbonyl (C=O) groups excluding carboxylic acids is 1. The summed E-state index contributed by atoms with van der Waals surface area (Å²) >= 11 is 9.46. The molecule has 0 spiro atoms. The van der Waals surface area contributed by atoms with Crippen LogP contribution in [-0.4, -0.2) is 17.1 Å². The number of pyridine rings is 1. The fourth-order valence-corrected chi connectivity index (χ4v) is 2.48. The Morgan fingerprint density at radius 1 is 1.17 bits per heavy atom. The maximum Gasteiger partial charge on any atom is 0.271 e. The molecule has 0 unspecified atom stereocenters. The van der Waals surface area contributed by atoms with Crippen LogP contribution in [-0.2, 0) is 0 Å². The molecule has 1 aromatic heterocycles. The zero-order chi connectivity index (χ0) is 16.2. The number of hydrazone groups is 1. The van der Waals surface area contributed by atoms with E-state index in [0.717, 1.165) is 15.4 Å². The Hall–Kier alpha value is -2.24. The molecule has 0 saturated carbocycles. The molecule has 0 saturated heterocycles. The number of carbonyl (C=O) groups is 1. The maximum absolute atomic E-state index is 12.0. The number of amides is 1. The van der Waals surface area contributed by atoms with Crippen LogP contribution in [0.3, 0.4) is 0 Å². The summed E-state index contributed by atoms with van der Waals surface area (Å²) in [5, 5.41) is 5.24. The second-order valence-electron chi connectivity index (χ2n) is 4.77. The Bertz CT molecular complexity index is 894. The van der Waals surface area contributed by atoms with Gasteiger partial charge in [-0.05, 0) is 36.4 Å². The molecular formula is C17H11BrClN3O. The molecule has 1 N–H and O–H groups in total. The van der Waals surface area contributed by atoms with Gasteiger partial charge in [-0.3, -0.25) is 4.79 Å². The summed E-state index contributed by atoms with van der Waals surface area (Å²) in [5.74, 6) is -0.293. The van der Waals surface area contributed by atoms with E-state index in [1.807, 2.05) is 30.3 Å². The van der Waals surface area contributed by atoms with Crippen LogP contribution >= 0.6 is 27.5 Å². The lowest BCUT2D eigenvalue weighted by atomic mass is 10.2. The molecule has 0 radical (unpaired) electrons. The van der Waals surface area contributed by atoms with Crippen LogP contribution < -0.4 is 5.43 Å². The van der Waals surface area contributed by atoms with E-state index < -0.39 is 0 Å². The van der Waals surface area contributed by atoms with Crippen LogP contribution in [0.25, 0.3) is 10.9 Å². The third kappa shape index (κ3) is 3.75. The average molecular weight is 389 g/mol. The molecule has 0 aliphatic carbocycles. The third-order valence-electron chi connectivity index (χ3n) is 3.18. The first kappa shape index (κ1) is 15.6. The highest BCUT2D eigenvalue weighted by molar-refractivity contribution is 9.10. The van der Waals surface area contributed by atoms with Crippen molar-refractivity contribution in [1.82, 2.24) is 10.4 Å². The molecule has 2 aromatic carbocycles. The second-order valence-corrected chi connectivity index (χ2v) is 6.04. The first-order chi connectivity index (χ1) is 11.1. The summed E-state index contributed by atoms with van der Waals surface area (Å²) in [5.41, 5.74) is 4.45. The number of halogens is 2. The van der Waals surface area contributed by atoms with Gasteiger partial charge in [0.15, 0.2) is 0 Å². The Balaban J connectivity index is 1.76. The number of hydrogen-bond donors (Lipinski definition) is 1. The van der Waals surface area contributed by atoms with Gasteiger partial charge < -0.3 is 0 Å². The number of hydrogen-bond acceptors (Lipinski definition) is 3. The van der Waals surface area contributed by atoms with Gasteiger partial charge in [-0.15, -0.1) is 0 Å². The van der Waals surface area contributed by atoms with Crippen molar-refractivity contribution in [1.29, 1.82) is 0 Å². The van der Waals surface area contributed by atoms with Crippen molar-refractivity contribution in [2.45, 2.75) is 0 Å². The minimum atomic E-state index is -0.293. The van der Waals surface area contributed by atoms with E-state index in [4.69, 9.17) is 11.6 Å². The largest absolute Gasteiger partial charge is 0.271 e. The molecule has 1 heterocycles. The summed E-state index contributed by atoms with van der Waals surface area (Å²) < 4.78 is 0.909. The molecule has 1 amide bonds. The Kier molecular flexibility index (Phi) is 4.69. The van der Waals surface area contributed by atoms with Crippen molar-refractivity contribution in [3.63, 3.8) is 0 Å². The molecule has 3 rings (SSSR count). The van der Waals surface area contributed by atoms with E-state index in [1.54, 1.807) is 24.3 Å². The first-order valence-electron chi connectivity index (χ1n) is 6.78. The van der Waals surface area contributed by atoms with E-state index in [9.17, 15) is 4.79 Å². The van der Waals surface area contributed by atoms with Crippen LogP contribution in [0.2, 0.25) is 5.15 Å². The summed E-state index contributed by atoms with van der Waals surface area (Å²) in [6.07, 6.45) is 1.48. The summed E-state index contributed by atoms with van der Waals surface area (Å²) in [4.78, 5) is 16.3.